The monoisotopic (exact) mass is 404 g/mol. The molecule has 0 radical (unpaired) electrons. The summed E-state index contributed by atoms with van der Waals surface area (Å²) < 4.78 is 0. The molecule has 1 unspecified atom stereocenters. The third kappa shape index (κ3) is 5.96. The highest BCUT2D eigenvalue weighted by Gasteiger charge is 2.18. The van der Waals surface area contributed by atoms with E-state index in [-0.39, 0.29) is 17.1 Å². The SMILES string of the molecule is CCC(Sc1cccc(NC(=O)c2cccc(C)c2)c1)C(=O)Nc1ccccc1. The van der Waals surface area contributed by atoms with Crippen LogP contribution >= 0.6 is 11.8 Å². The number of aryl methyl sites for hydroxylation is 1. The molecule has 0 aromatic heterocycles. The Morgan fingerprint density at radius 2 is 1.59 bits per heavy atom. The van der Waals surface area contributed by atoms with Crippen LogP contribution in [0.2, 0.25) is 0 Å². The molecule has 4 nitrogen and oxygen atoms in total. The fourth-order valence-corrected chi connectivity index (χ4v) is 3.88. The van der Waals surface area contributed by atoms with Gasteiger partial charge in [-0.1, -0.05) is 48.9 Å². The maximum Gasteiger partial charge on any atom is 0.255 e. The molecule has 1 atom stereocenters. The minimum Gasteiger partial charge on any atom is -0.325 e. The van der Waals surface area contributed by atoms with Crippen molar-refractivity contribution in [2.75, 3.05) is 10.6 Å². The standard InChI is InChI=1S/C24H24N2O2S/c1-3-22(24(28)25-19-11-5-4-6-12-19)29-21-14-8-13-20(16-21)26-23(27)18-10-7-9-17(2)15-18/h4-16,22H,3H2,1-2H3,(H,25,28)(H,26,27). The van der Waals surface area contributed by atoms with Gasteiger partial charge in [-0.05, 0) is 55.8 Å². The van der Waals surface area contributed by atoms with E-state index in [0.29, 0.717) is 17.7 Å². The second-order valence-electron chi connectivity index (χ2n) is 6.72. The molecule has 0 bridgehead atoms. The van der Waals surface area contributed by atoms with Gasteiger partial charge in [-0.3, -0.25) is 9.59 Å². The third-order valence-electron chi connectivity index (χ3n) is 4.36. The number of hydrogen-bond acceptors (Lipinski definition) is 3. The van der Waals surface area contributed by atoms with E-state index in [4.69, 9.17) is 0 Å². The van der Waals surface area contributed by atoms with Crippen molar-refractivity contribution in [1.29, 1.82) is 0 Å². The third-order valence-corrected chi connectivity index (χ3v) is 5.71. The number of hydrogen-bond donors (Lipinski definition) is 2. The van der Waals surface area contributed by atoms with Crippen LogP contribution in [0.15, 0.2) is 83.8 Å². The van der Waals surface area contributed by atoms with Crippen molar-refractivity contribution in [2.24, 2.45) is 0 Å². The number of thioether (sulfide) groups is 1. The smallest absolute Gasteiger partial charge is 0.255 e. The molecule has 0 heterocycles. The Balaban J connectivity index is 1.66. The molecule has 0 saturated heterocycles. The number of carbonyl (C=O) groups is 2. The Morgan fingerprint density at radius 1 is 0.862 bits per heavy atom. The van der Waals surface area contributed by atoms with Crippen molar-refractivity contribution in [3.8, 4) is 0 Å². The minimum atomic E-state index is -0.224. The van der Waals surface area contributed by atoms with Gasteiger partial charge in [0, 0.05) is 21.8 Å². The van der Waals surface area contributed by atoms with E-state index in [1.807, 2.05) is 86.6 Å². The fourth-order valence-electron chi connectivity index (χ4n) is 2.87. The lowest BCUT2D eigenvalue weighted by Crippen LogP contribution is -2.24. The van der Waals surface area contributed by atoms with E-state index in [1.54, 1.807) is 6.07 Å². The molecular formula is C24H24N2O2S. The highest BCUT2D eigenvalue weighted by molar-refractivity contribution is 8.00. The molecule has 3 aromatic rings. The van der Waals surface area contributed by atoms with Crippen molar-refractivity contribution in [2.45, 2.75) is 30.4 Å². The second kappa shape index (κ2) is 9.94. The van der Waals surface area contributed by atoms with Crippen molar-refractivity contribution >= 4 is 35.0 Å². The van der Waals surface area contributed by atoms with Crippen LogP contribution < -0.4 is 10.6 Å². The molecule has 148 valence electrons. The lowest BCUT2D eigenvalue weighted by molar-refractivity contribution is -0.115. The molecule has 2 amide bonds. The summed E-state index contributed by atoms with van der Waals surface area (Å²) in [7, 11) is 0. The van der Waals surface area contributed by atoms with E-state index in [2.05, 4.69) is 10.6 Å². The quantitative estimate of drug-likeness (QED) is 0.493. The van der Waals surface area contributed by atoms with Gasteiger partial charge in [0.1, 0.15) is 0 Å². The molecule has 29 heavy (non-hydrogen) atoms. The molecule has 0 fully saturated rings. The molecule has 0 spiro atoms. The first-order chi connectivity index (χ1) is 14.0. The zero-order chi connectivity index (χ0) is 20.6. The van der Waals surface area contributed by atoms with Crippen LogP contribution in [0.3, 0.4) is 0 Å². The van der Waals surface area contributed by atoms with Gasteiger partial charge >= 0.3 is 0 Å². The first-order valence-corrected chi connectivity index (χ1v) is 10.4. The van der Waals surface area contributed by atoms with Crippen LogP contribution in [0.1, 0.15) is 29.3 Å². The summed E-state index contributed by atoms with van der Waals surface area (Å²) in [6.07, 6.45) is 0.698. The summed E-state index contributed by atoms with van der Waals surface area (Å²) in [5.74, 6) is -0.178. The zero-order valence-corrected chi connectivity index (χ0v) is 17.3. The van der Waals surface area contributed by atoms with Gasteiger partial charge in [0.25, 0.3) is 5.91 Å². The van der Waals surface area contributed by atoms with E-state index in [1.165, 1.54) is 11.8 Å². The van der Waals surface area contributed by atoms with Gasteiger partial charge in [0.15, 0.2) is 0 Å². The van der Waals surface area contributed by atoms with E-state index < -0.39 is 0 Å². The Hall–Kier alpha value is -3.05. The van der Waals surface area contributed by atoms with Crippen LogP contribution in [0.5, 0.6) is 0 Å². The highest BCUT2D eigenvalue weighted by Crippen LogP contribution is 2.28. The Morgan fingerprint density at radius 3 is 2.31 bits per heavy atom. The zero-order valence-electron chi connectivity index (χ0n) is 16.5. The normalized spacial score (nSPS) is 11.5. The predicted molar refractivity (Wildman–Crippen MR) is 121 cm³/mol. The first-order valence-electron chi connectivity index (χ1n) is 9.56. The Labute approximate surface area is 175 Å². The molecule has 3 rings (SSSR count). The van der Waals surface area contributed by atoms with Crippen LogP contribution in [0.4, 0.5) is 11.4 Å². The highest BCUT2D eigenvalue weighted by atomic mass is 32.2. The van der Waals surface area contributed by atoms with Crippen LogP contribution in [0, 0.1) is 6.92 Å². The van der Waals surface area contributed by atoms with Gasteiger partial charge in [0.05, 0.1) is 5.25 Å². The minimum absolute atomic E-state index is 0.0297. The van der Waals surface area contributed by atoms with E-state index in [9.17, 15) is 9.59 Å². The first kappa shape index (κ1) is 20.7. The molecule has 5 heteroatoms. The maximum atomic E-state index is 12.6. The number of carbonyl (C=O) groups excluding carboxylic acids is 2. The molecular weight excluding hydrogens is 380 g/mol. The number of nitrogens with one attached hydrogen (secondary N) is 2. The average Bonchev–Trinajstić information content (AvgIpc) is 2.73. The van der Waals surface area contributed by atoms with Gasteiger partial charge in [-0.25, -0.2) is 0 Å². The van der Waals surface area contributed by atoms with E-state index >= 15 is 0 Å². The number of benzene rings is 3. The molecule has 0 aliphatic carbocycles. The second-order valence-corrected chi connectivity index (χ2v) is 8.00. The molecule has 0 saturated carbocycles. The maximum absolute atomic E-state index is 12.6. The molecule has 0 aliphatic rings. The summed E-state index contributed by atoms with van der Waals surface area (Å²) in [6.45, 7) is 3.95. The summed E-state index contributed by atoms with van der Waals surface area (Å²) in [5, 5.41) is 5.67. The number of para-hydroxylation sites is 1. The van der Waals surface area contributed by atoms with Gasteiger partial charge in [-0.2, -0.15) is 0 Å². The van der Waals surface area contributed by atoms with Crippen LogP contribution in [0.25, 0.3) is 0 Å². The van der Waals surface area contributed by atoms with E-state index in [0.717, 1.165) is 16.1 Å². The van der Waals surface area contributed by atoms with Crippen molar-refractivity contribution in [3.05, 3.63) is 90.0 Å². The average molecular weight is 405 g/mol. The van der Waals surface area contributed by atoms with Gasteiger partial charge < -0.3 is 10.6 Å². The van der Waals surface area contributed by atoms with Gasteiger partial charge in [-0.15, -0.1) is 11.8 Å². The number of anilines is 2. The Bertz CT molecular complexity index is 989. The van der Waals surface area contributed by atoms with Crippen molar-refractivity contribution < 1.29 is 9.59 Å². The lowest BCUT2D eigenvalue weighted by Gasteiger charge is -2.15. The molecule has 2 N–H and O–H groups in total. The number of rotatable bonds is 7. The molecule has 3 aromatic carbocycles. The summed E-state index contributed by atoms with van der Waals surface area (Å²) >= 11 is 1.49. The Kier molecular flexibility index (Phi) is 7.09. The summed E-state index contributed by atoms with van der Waals surface area (Å²) in [5.41, 5.74) is 3.16. The number of amides is 2. The van der Waals surface area contributed by atoms with Gasteiger partial charge in [0.2, 0.25) is 5.91 Å². The van der Waals surface area contributed by atoms with Crippen LogP contribution in [-0.4, -0.2) is 17.1 Å². The van der Waals surface area contributed by atoms with Crippen LogP contribution in [-0.2, 0) is 4.79 Å². The van der Waals surface area contributed by atoms with Crippen molar-refractivity contribution in [3.63, 3.8) is 0 Å². The molecule has 0 aliphatic heterocycles. The topological polar surface area (TPSA) is 58.2 Å². The van der Waals surface area contributed by atoms with Crippen molar-refractivity contribution in [1.82, 2.24) is 0 Å². The fraction of sp³-hybridized carbons (Fsp3) is 0.167. The lowest BCUT2D eigenvalue weighted by atomic mass is 10.1. The largest absolute Gasteiger partial charge is 0.325 e. The summed E-state index contributed by atoms with van der Waals surface area (Å²) in [4.78, 5) is 26.0. The summed E-state index contributed by atoms with van der Waals surface area (Å²) in [6, 6.07) is 24.5. The predicted octanol–water partition coefficient (Wildman–Crippen LogP) is 5.76.